The van der Waals surface area contributed by atoms with Crippen LogP contribution in [0.1, 0.15) is 42.7 Å². The van der Waals surface area contributed by atoms with Crippen molar-refractivity contribution in [3.8, 4) is 0 Å². The van der Waals surface area contributed by atoms with E-state index in [9.17, 15) is 0 Å². The standard InChI is InChI=1S/C14H19N5/c1-9(2)13-5-14(19-11(4)18-13)17-8-12-7-15-10(3)6-16-12/h5-7,9H,8H2,1-4H3,(H,17,18,19). The summed E-state index contributed by atoms with van der Waals surface area (Å²) in [5.41, 5.74) is 2.86. The lowest BCUT2D eigenvalue weighted by molar-refractivity contribution is 0.801. The number of nitrogens with zero attached hydrogens (tertiary/aromatic N) is 4. The first kappa shape index (κ1) is 13.4. The Labute approximate surface area is 113 Å². The third kappa shape index (κ3) is 3.71. The summed E-state index contributed by atoms with van der Waals surface area (Å²) in [5, 5.41) is 3.26. The first-order chi connectivity index (χ1) is 9.04. The van der Waals surface area contributed by atoms with E-state index in [0.717, 1.165) is 28.7 Å². The SMILES string of the molecule is Cc1cnc(CNc2cc(C(C)C)nc(C)n2)cn1. The maximum absolute atomic E-state index is 4.42. The van der Waals surface area contributed by atoms with Gasteiger partial charge in [0.05, 0.1) is 24.1 Å². The predicted octanol–water partition coefficient (Wildman–Crippen LogP) is 2.62. The van der Waals surface area contributed by atoms with Gasteiger partial charge in [-0.3, -0.25) is 9.97 Å². The smallest absolute Gasteiger partial charge is 0.130 e. The average Bonchev–Trinajstić information content (AvgIpc) is 2.37. The fraction of sp³-hybridized carbons (Fsp3) is 0.429. The second kappa shape index (κ2) is 5.73. The van der Waals surface area contributed by atoms with Crippen LogP contribution in [0.2, 0.25) is 0 Å². The van der Waals surface area contributed by atoms with Gasteiger partial charge in [0.25, 0.3) is 0 Å². The molecule has 0 aromatic carbocycles. The van der Waals surface area contributed by atoms with Crippen LogP contribution in [0.4, 0.5) is 5.82 Å². The molecular weight excluding hydrogens is 238 g/mol. The monoisotopic (exact) mass is 257 g/mol. The molecule has 0 spiro atoms. The minimum Gasteiger partial charge on any atom is -0.364 e. The van der Waals surface area contributed by atoms with Crippen LogP contribution in [-0.2, 0) is 6.54 Å². The van der Waals surface area contributed by atoms with Gasteiger partial charge in [-0.1, -0.05) is 13.8 Å². The predicted molar refractivity (Wildman–Crippen MR) is 75.0 cm³/mol. The Balaban J connectivity index is 2.08. The zero-order valence-electron chi connectivity index (χ0n) is 11.8. The van der Waals surface area contributed by atoms with Crippen LogP contribution in [-0.4, -0.2) is 19.9 Å². The minimum absolute atomic E-state index is 0.390. The highest BCUT2D eigenvalue weighted by Gasteiger charge is 2.05. The maximum Gasteiger partial charge on any atom is 0.130 e. The summed E-state index contributed by atoms with van der Waals surface area (Å²) < 4.78 is 0. The van der Waals surface area contributed by atoms with Crippen molar-refractivity contribution in [1.29, 1.82) is 0 Å². The summed E-state index contributed by atoms with van der Waals surface area (Å²) in [6.07, 6.45) is 3.54. The zero-order valence-corrected chi connectivity index (χ0v) is 11.8. The van der Waals surface area contributed by atoms with E-state index in [4.69, 9.17) is 0 Å². The molecule has 19 heavy (non-hydrogen) atoms. The van der Waals surface area contributed by atoms with E-state index in [1.165, 1.54) is 0 Å². The molecule has 0 amide bonds. The highest BCUT2D eigenvalue weighted by Crippen LogP contribution is 2.15. The van der Waals surface area contributed by atoms with Crippen LogP contribution in [0, 0.1) is 13.8 Å². The second-order valence-corrected chi connectivity index (χ2v) is 4.88. The third-order valence-corrected chi connectivity index (χ3v) is 2.73. The Morgan fingerprint density at radius 1 is 1.11 bits per heavy atom. The van der Waals surface area contributed by atoms with E-state index in [2.05, 4.69) is 39.1 Å². The molecular formula is C14H19N5. The number of hydrogen-bond donors (Lipinski definition) is 1. The molecule has 2 aromatic heterocycles. The van der Waals surface area contributed by atoms with Gasteiger partial charge in [0, 0.05) is 18.0 Å². The molecule has 2 rings (SSSR count). The molecule has 0 bridgehead atoms. The molecule has 0 saturated heterocycles. The van der Waals surface area contributed by atoms with E-state index < -0.39 is 0 Å². The van der Waals surface area contributed by atoms with E-state index >= 15 is 0 Å². The normalized spacial score (nSPS) is 10.8. The molecule has 0 aliphatic rings. The van der Waals surface area contributed by atoms with E-state index in [0.29, 0.717) is 12.5 Å². The van der Waals surface area contributed by atoms with Crippen molar-refractivity contribution in [3.63, 3.8) is 0 Å². The van der Waals surface area contributed by atoms with Crippen LogP contribution in [0.25, 0.3) is 0 Å². The van der Waals surface area contributed by atoms with E-state index in [1.807, 2.05) is 19.9 Å². The number of aromatic nitrogens is 4. The molecule has 5 nitrogen and oxygen atoms in total. The minimum atomic E-state index is 0.390. The molecule has 0 unspecified atom stereocenters. The van der Waals surface area contributed by atoms with Crippen LogP contribution in [0.15, 0.2) is 18.5 Å². The Kier molecular flexibility index (Phi) is 4.04. The fourth-order valence-electron chi connectivity index (χ4n) is 1.67. The van der Waals surface area contributed by atoms with Crippen molar-refractivity contribution in [2.24, 2.45) is 0 Å². The maximum atomic E-state index is 4.42. The van der Waals surface area contributed by atoms with Crippen molar-refractivity contribution in [2.45, 2.75) is 40.2 Å². The van der Waals surface area contributed by atoms with E-state index in [-0.39, 0.29) is 0 Å². The fourth-order valence-corrected chi connectivity index (χ4v) is 1.67. The van der Waals surface area contributed by atoms with Crippen molar-refractivity contribution in [1.82, 2.24) is 19.9 Å². The highest BCUT2D eigenvalue weighted by atomic mass is 15.0. The average molecular weight is 257 g/mol. The summed E-state index contributed by atoms with van der Waals surface area (Å²) in [5.74, 6) is 2.00. The molecule has 0 atom stereocenters. The largest absolute Gasteiger partial charge is 0.364 e. The van der Waals surface area contributed by atoms with Gasteiger partial charge in [0.2, 0.25) is 0 Å². The lowest BCUT2D eigenvalue weighted by Crippen LogP contribution is -2.07. The Morgan fingerprint density at radius 3 is 2.53 bits per heavy atom. The molecule has 2 aromatic rings. The topological polar surface area (TPSA) is 63.6 Å². The van der Waals surface area contributed by atoms with Crippen molar-refractivity contribution >= 4 is 5.82 Å². The van der Waals surface area contributed by atoms with Gasteiger partial charge in [0.1, 0.15) is 11.6 Å². The number of hydrogen-bond acceptors (Lipinski definition) is 5. The summed E-state index contributed by atoms with van der Waals surface area (Å²) in [7, 11) is 0. The lowest BCUT2D eigenvalue weighted by atomic mass is 10.1. The molecule has 2 heterocycles. The van der Waals surface area contributed by atoms with Crippen molar-refractivity contribution in [2.75, 3.05) is 5.32 Å². The van der Waals surface area contributed by atoms with Crippen LogP contribution >= 0.6 is 0 Å². The number of nitrogens with one attached hydrogen (secondary N) is 1. The van der Waals surface area contributed by atoms with Gasteiger partial charge in [-0.25, -0.2) is 9.97 Å². The summed E-state index contributed by atoms with van der Waals surface area (Å²) >= 11 is 0. The van der Waals surface area contributed by atoms with Gasteiger partial charge in [-0.15, -0.1) is 0 Å². The number of anilines is 1. The summed E-state index contributed by atoms with van der Waals surface area (Å²) in [6.45, 7) is 8.69. The van der Waals surface area contributed by atoms with Crippen LogP contribution in [0.5, 0.6) is 0 Å². The molecule has 0 fully saturated rings. The van der Waals surface area contributed by atoms with Gasteiger partial charge < -0.3 is 5.32 Å². The van der Waals surface area contributed by atoms with Gasteiger partial charge >= 0.3 is 0 Å². The molecule has 0 aliphatic heterocycles. The molecule has 1 N–H and O–H groups in total. The van der Waals surface area contributed by atoms with Gasteiger partial charge in [-0.2, -0.15) is 0 Å². The molecule has 0 radical (unpaired) electrons. The van der Waals surface area contributed by atoms with Gasteiger partial charge in [0.15, 0.2) is 0 Å². The third-order valence-electron chi connectivity index (χ3n) is 2.73. The second-order valence-electron chi connectivity index (χ2n) is 4.88. The molecule has 5 heteroatoms. The van der Waals surface area contributed by atoms with E-state index in [1.54, 1.807) is 12.4 Å². The Morgan fingerprint density at radius 2 is 1.89 bits per heavy atom. The highest BCUT2D eigenvalue weighted by molar-refractivity contribution is 5.37. The Bertz CT molecular complexity index is 548. The van der Waals surface area contributed by atoms with Crippen LogP contribution < -0.4 is 5.32 Å². The number of rotatable bonds is 4. The van der Waals surface area contributed by atoms with Crippen molar-refractivity contribution in [3.05, 3.63) is 41.4 Å². The zero-order chi connectivity index (χ0) is 13.8. The Hall–Kier alpha value is -2.04. The molecule has 0 saturated carbocycles. The molecule has 0 aliphatic carbocycles. The lowest BCUT2D eigenvalue weighted by Gasteiger charge is -2.10. The summed E-state index contributed by atoms with van der Waals surface area (Å²) in [4.78, 5) is 17.3. The van der Waals surface area contributed by atoms with Gasteiger partial charge in [-0.05, 0) is 19.8 Å². The first-order valence-corrected chi connectivity index (χ1v) is 6.41. The van der Waals surface area contributed by atoms with Crippen LogP contribution in [0.3, 0.4) is 0 Å². The van der Waals surface area contributed by atoms with Crippen molar-refractivity contribution < 1.29 is 0 Å². The first-order valence-electron chi connectivity index (χ1n) is 6.41. The quantitative estimate of drug-likeness (QED) is 0.912. The molecule has 100 valence electrons. The summed E-state index contributed by atoms with van der Waals surface area (Å²) in [6, 6.07) is 1.99. The number of aryl methyl sites for hydroxylation is 2.